The number of thioether (sulfide) groups is 1. The number of aromatic nitrogens is 2. The second-order valence-electron chi connectivity index (χ2n) is 8.35. The van der Waals surface area contributed by atoms with Gasteiger partial charge in [0.2, 0.25) is 0 Å². The Kier molecular flexibility index (Phi) is 6.95. The molecule has 7 nitrogen and oxygen atoms in total. The number of fused-ring (bicyclic) bond motifs is 1. The average Bonchev–Trinajstić information content (AvgIpc) is 3.42. The normalized spacial score (nSPS) is 20.0. The molecule has 1 saturated heterocycles. The van der Waals surface area contributed by atoms with Gasteiger partial charge in [-0.05, 0) is 53.2 Å². The highest BCUT2D eigenvalue weighted by Gasteiger charge is 2.34. The van der Waals surface area contributed by atoms with Crippen LogP contribution in [-0.2, 0) is 22.3 Å². The lowest BCUT2D eigenvalue weighted by Crippen LogP contribution is -2.45. The molecule has 12 heteroatoms. The number of nitrogens with zero attached hydrogens (tertiary/aromatic N) is 4. The number of amides is 1. The Labute approximate surface area is 216 Å². The molecule has 2 aromatic carbocycles. The van der Waals surface area contributed by atoms with E-state index in [0.29, 0.717) is 39.8 Å². The third-order valence-electron chi connectivity index (χ3n) is 5.88. The van der Waals surface area contributed by atoms with Gasteiger partial charge in [-0.1, -0.05) is 28.1 Å². The summed E-state index contributed by atoms with van der Waals surface area (Å²) < 4.78 is 47.9. The molecule has 1 fully saturated rings. The highest BCUT2D eigenvalue weighted by atomic mass is 79.9. The maximum Gasteiger partial charge on any atom is 0.416 e. The van der Waals surface area contributed by atoms with E-state index in [1.807, 2.05) is 11.0 Å². The van der Waals surface area contributed by atoms with Crippen molar-refractivity contribution in [3.05, 3.63) is 68.7 Å². The molecule has 188 valence electrons. The van der Waals surface area contributed by atoms with Gasteiger partial charge in [-0.15, -0.1) is 0 Å². The molecule has 0 unspecified atom stereocenters. The van der Waals surface area contributed by atoms with Crippen molar-refractivity contribution in [2.24, 2.45) is 4.99 Å². The molecule has 0 aliphatic carbocycles. The Bertz CT molecular complexity index is 1390. The fourth-order valence-electron chi connectivity index (χ4n) is 4.12. The smallest absolute Gasteiger partial charge is 0.394 e. The Morgan fingerprint density at radius 3 is 2.86 bits per heavy atom. The number of aliphatic imine (C=N–C) groups is 1. The molecule has 1 aromatic heterocycles. The molecule has 36 heavy (non-hydrogen) atoms. The van der Waals surface area contributed by atoms with Gasteiger partial charge >= 0.3 is 6.18 Å². The Morgan fingerprint density at radius 2 is 2.08 bits per heavy atom. The summed E-state index contributed by atoms with van der Waals surface area (Å²) in [7, 11) is 0. The van der Waals surface area contributed by atoms with Crippen molar-refractivity contribution >= 4 is 55.7 Å². The number of carbonyl (C=O) groups excluding carboxylic acids is 1. The van der Waals surface area contributed by atoms with Crippen LogP contribution in [0.5, 0.6) is 0 Å². The maximum absolute atomic E-state index is 13.5. The Hall–Kier alpha value is -2.67. The number of alkyl halides is 3. The van der Waals surface area contributed by atoms with Crippen LogP contribution in [0.15, 0.2) is 57.0 Å². The molecule has 0 spiro atoms. The van der Waals surface area contributed by atoms with E-state index in [1.54, 1.807) is 30.5 Å². The Balaban J connectivity index is 1.35. The third-order valence-corrected chi connectivity index (χ3v) is 7.42. The highest BCUT2D eigenvalue weighted by molar-refractivity contribution is 9.10. The number of ether oxygens (including phenoxy) is 1. The molecule has 0 radical (unpaired) electrons. The molecule has 0 saturated carbocycles. The molecule has 1 N–H and O–H groups in total. The number of morpholine rings is 1. The molecule has 0 bridgehead atoms. The van der Waals surface area contributed by atoms with Crippen molar-refractivity contribution < 1.29 is 27.8 Å². The summed E-state index contributed by atoms with van der Waals surface area (Å²) in [5, 5.41) is 15.0. The summed E-state index contributed by atoms with van der Waals surface area (Å²) in [4.78, 5) is 19.0. The van der Waals surface area contributed by atoms with Gasteiger partial charge < -0.3 is 14.7 Å². The zero-order valence-electron chi connectivity index (χ0n) is 18.7. The van der Waals surface area contributed by atoms with Crippen LogP contribution in [0.1, 0.15) is 16.7 Å². The number of carbonyl (C=O) groups is 1. The first-order valence-corrected chi connectivity index (χ1v) is 12.6. The number of aliphatic hydroxyl groups excluding tert-OH is 1. The molecule has 2 aliphatic heterocycles. The van der Waals surface area contributed by atoms with E-state index < -0.39 is 11.7 Å². The molecule has 3 heterocycles. The number of hydrogen-bond donors (Lipinski definition) is 1. The summed E-state index contributed by atoms with van der Waals surface area (Å²) in [5.74, 6) is -0.340. The van der Waals surface area contributed by atoms with Crippen LogP contribution in [0.2, 0.25) is 0 Å². The minimum Gasteiger partial charge on any atom is -0.394 e. The first kappa shape index (κ1) is 25.0. The maximum atomic E-state index is 13.5. The second-order valence-corrected chi connectivity index (χ2v) is 10.3. The van der Waals surface area contributed by atoms with Gasteiger partial charge in [0.1, 0.15) is 0 Å². The lowest BCUT2D eigenvalue weighted by Gasteiger charge is -2.32. The summed E-state index contributed by atoms with van der Waals surface area (Å²) in [5.41, 5.74) is 0.842. The average molecular weight is 581 g/mol. The number of aliphatic hydroxyl groups is 1. The van der Waals surface area contributed by atoms with Gasteiger partial charge in [0.05, 0.1) is 48.0 Å². The number of halogens is 4. The van der Waals surface area contributed by atoms with Gasteiger partial charge in [-0.3, -0.25) is 9.48 Å². The molecule has 5 rings (SSSR count). The first-order valence-electron chi connectivity index (χ1n) is 11.0. The molecule has 3 aromatic rings. The van der Waals surface area contributed by atoms with Gasteiger partial charge in [0.15, 0.2) is 5.17 Å². The van der Waals surface area contributed by atoms with E-state index in [9.17, 15) is 23.1 Å². The lowest BCUT2D eigenvalue weighted by molar-refractivity contribution is -0.138. The largest absolute Gasteiger partial charge is 0.416 e. The van der Waals surface area contributed by atoms with Gasteiger partial charge in [0.25, 0.3) is 5.91 Å². The van der Waals surface area contributed by atoms with Gasteiger partial charge in [0, 0.05) is 22.9 Å². The van der Waals surface area contributed by atoms with Crippen molar-refractivity contribution in [1.82, 2.24) is 14.7 Å². The van der Waals surface area contributed by atoms with Crippen molar-refractivity contribution in [1.29, 1.82) is 0 Å². The molecular formula is C24H20BrF3N4O3S. The topological polar surface area (TPSA) is 80.0 Å². The monoisotopic (exact) mass is 580 g/mol. The van der Waals surface area contributed by atoms with Crippen molar-refractivity contribution in [3.8, 4) is 0 Å². The molecule has 1 atom stereocenters. The fourth-order valence-corrected chi connectivity index (χ4v) is 5.43. The number of amidine groups is 1. The summed E-state index contributed by atoms with van der Waals surface area (Å²) in [6.07, 6.45) is -1.46. The van der Waals surface area contributed by atoms with Crippen molar-refractivity contribution in [2.45, 2.75) is 18.8 Å². The van der Waals surface area contributed by atoms with Gasteiger partial charge in [-0.2, -0.15) is 23.3 Å². The van der Waals surface area contributed by atoms with Crippen molar-refractivity contribution in [2.75, 3.05) is 26.3 Å². The predicted octanol–water partition coefficient (Wildman–Crippen LogP) is 4.53. The van der Waals surface area contributed by atoms with E-state index in [2.05, 4.69) is 26.0 Å². The van der Waals surface area contributed by atoms with Crippen LogP contribution < -0.4 is 0 Å². The van der Waals surface area contributed by atoms with E-state index in [1.165, 1.54) is 22.5 Å². The molecular weight excluding hydrogens is 561 g/mol. The van der Waals surface area contributed by atoms with Crippen LogP contribution >= 0.6 is 27.7 Å². The minimum atomic E-state index is -4.48. The number of hydrogen-bond acceptors (Lipinski definition) is 6. The summed E-state index contributed by atoms with van der Waals surface area (Å²) >= 11 is 4.38. The van der Waals surface area contributed by atoms with E-state index >= 15 is 0 Å². The quantitative estimate of drug-likeness (QED) is 0.457. The SMILES string of the molecule is O=C1N=C(N2CCO[C@@H](CO)C2)SC1=Cc1ccc2c(cnn2Cc2ccc(Br)cc2C(F)(F)F)c1. The fraction of sp³-hybridized carbons (Fsp3) is 0.292. The van der Waals surface area contributed by atoms with Crippen molar-refractivity contribution in [3.63, 3.8) is 0 Å². The zero-order valence-corrected chi connectivity index (χ0v) is 21.1. The highest BCUT2D eigenvalue weighted by Crippen LogP contribution is 2.35. The van der Waals surface area contributed by atoms with Gasteiger partial charge in [-0.25, -0.2) is 0 Å². The van der Waals surface area contributed by atoms with Crippen LogP contribution in [0.25, 0.3) is 17.0 Å². The zero-order chi connectivity index (χ0) is 25.4. The third kappa shape index (κ3) is 5.22. The standard InChI is InChI=1S/C24H20BrF3N4O3S/c25-17-3-2-15(19(9-17)24(26,27)28)11-32-20-4-1-14(7-16(20)10-29-32)8-21-22(34)30-23(36-21)31-5-6-35-18(12-31)13-33/h1-4,7-10,18,33H,5-6,11-13H2/t18-/m1/s1. The second kappa shape index (κ2) is 10.0. The molecule has 2 aliphatic rings. The lowest BCUT2D eigenvalue weighted by atomic mass is 10.1. The number of benzene rings is 2. The summed E-state index contributed by atoms with van der Waals surface area (Å²) in [6.45, 7) is 1.36. The van der Waals surface area contributed by atoms with Crippen LogP contribution in [0, 0.1) is 0 Å². The van der Waals surface area contributed by atoms with Crippen LogP contribution in [0.4, 0.5) is 13.2 Å². The summed E-state index contributed by atoms with van der Waals surface area (Å²) in [6, 6.07) is 9.49. The minimum absolute atomic E-state index is 0.0357. The van der Waals surface area contributed by atoms with E-state index in [4.69, 9.17) is 4.74 Å². The van der Waals surface area contributed by atoms with Crippen LogP contribution in [-0.4, -0.2) is 63.3 Å². The first-order chi connectivity index (χ1) is 17.2. The number of rotatable bonds is 4. The Morgan fingerprint density at radius 1 is 1.25 bits per heavy atom. The van der Waals surface area contributed by atoms with E-state index in [0.717, 1.165) is 17.0 Å². The predicted molar refractivity (Wildman–Crippen MR) is 134 cm³/mol. The molecule has 1 amide bonds. The van der Waals surface area contributed by atoms with Crippen LogP contribution in [0.3, 0.4) is 0 Å². The van der Waals surface area contributed by atoms with E-state index in [-0.39, 0.29) is 30.7 Å².